The molecule has 3 aromatic rings. The SMILES string of the molecule is C=C(NCCCc1ccccc1)N1CCCN(C)c2ccc(-c3cccc(C(C)(F)F)c3)nc21. The van der Waals surface area contributed by atoms with Gasteiger partial charge in [0.15, 0.2) is 5.82 Å². The second kappa shape index (κ2) is 10.2. The van der Waals surface area contributed by atoms with Crippen molar-refractivity contribution in [2.45, 2.75) is 32.1 Å². The number of fused-ring (bicyclic) bond motifs is 1. The van der Waals surface area contributed by atoms with Crippen LogP contribution in [0.3, 0.4) is 0 Å². The summed E-state index contributed by atoms with van der Waals surface area (Å²) in [5, 5.41) is 3.47. The molecule has 0 bridgehead atoms. The van der Waals surface area contributed by atoms with E-state index in [1.165, 1.54) is 17.7 Å². The van der Waals surface area contributed by atoms with Crippen LogP contribution in [0, 0.1) is 0 Å². The molecule has 4 rings (SSSR count). The van der Waals surface area contributed by atoms with E-state index < -0.39 is 5.92 Å². The molecule has 0 unspecified atom stereocenters. The first-order valence-corrected chi connectivity index (χ1v) is 11.8. The van der Waals surface area contributed by atoms with Crippen molar-refractivity contribution in [1.82, 2.24) is 10.3 Å². The van der Waals surface area contributed by atoms with Crippen molar-refractivity contribution in [2.24, 2.45) is 0 Å². The summed E-state index contributed by atoms with van der Waals surface area (Å²) in [6, 6.07) is 20.8. The molecular weight excluding hydrogens is 430 g/mol. The zero-order valence-corrected chi connectivity index (χ0v) is 19.9. The predicted molar refractivity (Wildman–Crippen MR) is 136 cm³/mol. The minimum absolute atomic E-state index is 0.0137. The van der Waals surface area contributed by atoms with Crippen molar-refractivity contribution in [3.63, 3.8) is 0 Å². The van der Waals surface area contributed by atoms with Crippen molar-refractivity contribution in [3.05, 3.63) is 90.3 Å². The normalized spacial score (nSPS) is 13.9. The standard InChI is InChI=1S/C28H32F2N4/c1-21(31-17-8-12-22-10-5-4-6-11-22)34-19-9-18-33(3)26-16-15-25(32-27(26)34)23-13-7-14-24(20-23)28(2,29)30/h4-7,10-11,13-16,20,31H,1,8-9,12,17-19H2,2-3H3. The first-order valence-electron chi connectivity index (χ1n) is 11.8. The lowest BCUT2D eigenvalue weighted by Crippen LogP contribution is -2.33. The molecule has 2 heterocycles. The quantitative estimate of drug-likeness (QED) is 0.404. The Labute approximate surface area is 200 Å². The minimum Gasteiger partial charge on any atom is -0.372 e. The van der Waals surface area contributed by atoms with Gasteiger partial charge in [-0.2, -0.15) is 0 Å². The second-order valence-electron chi connectivity index (χ2n) is 8.90. The number of rotatable bonds is 8. The molecule has 0 saturated carbocycles. The Bertz CT molecular complexity index is 1120. The van der Waals surface area contributed by atoms with E-state index in [-0.39, 0.29) is 5.56 Å². The van der Waals surface area contributed by atoms with Crippen molar-refractivity contribution >= 4 is 11.5 Å². The van der Waals surface area contributed by atoms with Crippen LogP contribution in [-0.2, 0) is 12.3 Å². The van der Waals surface area contributed by atoms with Crippen LogP contribution in [0.1, 0.15) is 30.9 Å². The number of halogens is 2. The summed E-state index contributed by atoms with van der Waals surface area (Å²) < 4.78 is 27.8. The maximum Gasteiger partial charge on any atom is 0.270 e. The van der Waals surface area contributed by atoms with E-state index in [2.05, 4.69) is 53.0 Å². The summed E-state index contributed by atoms with van der Waals surface area (Å²) >= 11 is 0. The number of anilines is 2. The first kappa shape index (κ1) is 23.7. The molecule has 178 valence electrons. The number of pyridine rings is 1. The van der Waals surface area contributed by atoms with Gasteiger partial charge >= 0.3 is 0 Å². The monoisotopic (exact) mass is 462 g/mol. The van der Waals surface area contributed by atoms with Crippen LogP contribution in [0.15, 0.2) is 79.1 Å². The number of alkyl halides is 2. The van der Waals surface area contributed by atoms with E-state index in [1.54, 1.807) is 6.07 Å². The van der Waals surface area contributed by atoms with Gasteiger partial charge in [0.25, 0.3) is 5.92 Å². The topological polar surface area (TPSA) is 31.4 Å². The Kier molecular flexibility index (Phi) is 7.15. The minimum atomic E-state index is -2.90. The summed E-state index contributed by atoms with van der Waals surface area (Å²) in [5.74, 6) is -1.29. The molecule has 0 fully saturated rings. The van der Waals surface area contributed by atoms with Gasteiger partial charge in [0.05, 0.1) is 17.2 Å². The third-order valence-electron chi connectivity index (χ3n) is 6.20. The fraction of sp³-hybridized carbons (Fsp3) is 0.321. The summed E-state index contributed by atoms with van der Waals surface area (Å²) in [7, 11) is 2.05. The maximum absolute atomic E-state index is 13.9. The second-order valence-corrected chi connectivity index (χ2v) is 8.90. The number of aromatic nitrogens is 1. The molecule has 1 aliphatic heterocycles. The van der Waals surface area contributed by atoms with Crippen LogP contribution in [0.4, 0.5) is 20.3 Å². The third-order valence-corrected chi connectivity index (χ3v) is 6.20. The van der Waals surface area contributed by atoms with Crippen LogP contribution < -0.4 is 15.1 Å². The molecule has 1 aromatic heterocycles. The first-order chi connectivity index (χ1) is 16.3. The van der Waals surface area contributed by atoms with E-state index in [9.17, 15) is 8.78 Å². The Morgan fingerprint density at radius 1 is 1.06 bits per heavy atom. The fourth-order valence-electron chi connectivity index (χ4n) is 4.27. The van der Waals surface area contributed by atoms with Crippen LogP contribution in [-0.4, -0.2) is 31.7 Å². The summed E-state index contributed by atoms with van der Waals surface area (Å²) in [6.07, 6.45) is 2.96. The molecule has 6 heteroatoms. The summed E-state index contributed by atoms with van der Waals surface area (Å²) in [4.78, 5) is 9.23. The lowest BCUT2D eigenvalue weighted by Gasteiger charge is -2.27. The molecule has 0 spiro atoms. The van der Waals surface area contributed by atoms with Gasteiger partial charge in [-0.1, -0.05) is 55.1 Å². The number of hydrogen-bond donors (Lipinski definition) is 1. The Balaban J connectivity index is 1.54. The summed E-state index contributed by atoms with van der Waals surface area (Å²) in [5.41, 5.74) is 3.66. The Morgan fingerprint density at radius 3 is 2.62 bits per heavy atom. The van der Waals surface area contributed by atoms with Gasteiger partial charge in [0, 0.05) is 44.7 Å². The molecule has 1 aliphatic rings. The zero-order chi connectivity index (χ0) is 24.1. The number of hydrogen-bond acceptors (Lipinski definition) is 4. The van der Waals surface area contributed by atoms with Crippen molar-refractivity contribution < 1.29 is 8.78 Å². The lowest BCUT2D eigenvalue weighted by molar-refractivity contribution is 0.0175. The molecule has 0 saturated heterocycles. The fourth-order valence-corrected chi connectivity index (χ4v) is 4.27. The average molecular weight is 463 g/mol. The maximum atomic E-state index is 13.9. The lowest BCUT2D eigenvalue weighted by atomic mass is 10.0. The molecule has 2 aromatic carbocycles. The van der Waals surface area contributed by atoms with Crippen molar-refractivity contribution in [3.8, 4) is 11.3 Å². The zero-order valence-electron chi connectivity index (χ0n) is 19.9. The Hall–Kier alpha value is -3.41. The molecule has 0 aliphatic carbocycles. The van der Waals surface area contributed by atoms with Gasteiger partial charge in [0.2, 0.25) is 0 Å². The van der Waals surface area contributed by atoms with Gasteiger partial charge in [-0.25, -0.2) is 13.8 Å². The van der Waals surface area contributed by atoms with Gasteiger partial charge in [-0.15, -0.1) is 0 Å². The number of aryl methyl sites for hydroxylation is 1. The molecule has 1 N–H and O–H groups in total. The molecule has 34 heavy (non-hydrogen) atoms. The third kappa shape index (κ3) is 5.56. The summed E-state index contributed by atoms with van der Waals surface area (Å²) in [6.45, 7) is 7.71. The van der Waals surface area contributed by atoms with E-state index in [0.717, 1.165) is 63.1 Å². The van der Waals surface area contributed by atoms with E-state index in [0.29, 0.717) is 11.3 Å². The van der Waals surface area contributed by atoms with Gasteiger partial charge in [-0.3, -0.25) is 0 Å². The molecule has 0 radical (unpaired) electrons. The van der Waals surface area contributed by atoms with Gasteiger partial charge in [-0.05, 0) is 43.0 Å². The van der Waals surface area contributed by atoms with Crippen molar-refractivity contribution in [2.75, 3.05) is 36.5 Å². The smallest absolute Gasteiger partial charge is 0.270 e. The van der Waals surface area contributed by atoms with Crippen LogP contribution in [0.5, 0.6) is 0 Å². The molecule has 0 atom stereocenters. The number of nitrogens with zero attached hydrogens (tertiary/aromatic N) is 3. The van der Waals surface area contributed by atoms with E-state index >= 15 is 0 Å². The Morgan fingerprint density at radius 2 is 1.85 bits per heavy atom. The highest BCUT2D eigenvalue weighted by atomic mass is 19.3. The van der Waals surface area contributed by atoms with Crippen molar-refractivity contribution in [1.29, 1.82) is 0 Å². The largest absolute Gasteiger partial charge is 0.372 e. The average Bonchev–Trinajstić information content (AvgIpc) is 3.00. The van der Waals surface area contributed by atoms with Crippen LogP contribution in [0.25, 0.3) is 11.3 Å². The van der Waals surface area contributed by atoms with Gasteiger partial charge in [0.1, 0.15) is 0 Å². The van der Waals surface area contributed by atoms with Crippen LogP contribution >= 0.6 is 0 Å². The highest BCUT2D eigenvalue weighted by Crippen LogP contribution is 2.35. The number of nitrogens with one attached hydrogen (secondary N) is 1. The highest BCUT2D eigenvalue weighted by molar-refractivity contribution is 5.74. The predicted octanol–water partition coefficient (Wildman–Crippen LogP) is 6.20. The molecule has 4 nitrogen and oxygen atoms in total. The van der Waals surface area contributed by atoms with Gasteiger partial charge < -0.3 is 15.1 Å². The van der Waals surface area contributed by atoms with E-state index in [4.69, 9.17) is 4.98 Å². The molecular formula is C28H32F2N4. The molecule has 0 amide bonds. The van der Waals surface area contributed by atoms with E-state index in [1.807, 2.05) is 24.3 Å². The number of benzene rings is 2. The highest BCUT2D eigenvalue weighted by Gasteiger charge is 2.26. The van der Waals surface area contributed by atoms with Crippen LogP contribution in [0.2, 0.25) is 0 Å².